The number of likely N-dealkylation sites (tertiary alicyclic amines) is 1. The van der Waals surface area contributed by atoms with E-state index in [1.165, 1.54) is 0 Å². The van der Waals surface area contributed by atoms with E-state index in [1.54, 1.807) is 0 Å². The Bertz CT molecular complexity index is 220. The van der Waals surface area contributed by atoms with Gasteiger partial charge in [-0.05, 0) is 26.4 Å². The first-order chi connectivity index (χ1) is 6.15. The lowest BCUT2D eigenvalue weighted by Crippen LogP contribution is -2.44. The first-order valence-electron chi connectivity index (χ1n) is 4.25. The quantitative estimate of drug-likeness (QED) is 0.643. The van der Waals surface area contributed by atoms with Crippen LogP contribution in [0.3, 0.4) is 0 Å². The number of nitrogens with one attached hydrogen (secondary N) is 1. The Labute approximate surface area is 82.2 Å². The fraction of sp³-hybridized carbons (Fsp3) is 0.750. The fourth-order valence-electron chi connectivity index (χ4n) is 1.50. The number of alkyl halides is 1. The predicted octanol–water partition coefficient (Wildman–Crippen LogP) is -0.0378. The van der Waals surface area contributed by atoms with Crippen LogP contribution < -0.4 is 5.32 Å². The number of halogens is 1. The highest BCUT2D eigenvalue weighted by Crippen LogP contribution is 2.14. The minimum Gasteiger partial charge on any atom is -0.295 e. The molecule has 1 heterocycles. The van der Waals surface area contributed by atoms with Gasteiger partial charge in [-0.2, -0.15) is 0 Å². The average molecular weight is 205 g/mol. The molecule has 1 rings (SSSR count). The second-order valence-corrected chi connectivity index (χ2v) is 3.45. The van der Waals surface area contributed by atoms with Crippen LogP contribution >= 0.6 is 11.6 Å². The number of imide groups is 1. The van der Waals surface area contributed by atoms with Crippen LogP contribution in [0.2, 0.25) is 0 Å². The molecule has 0 aromatic rings. The van der Waals surface area contributed by atoms with Crippen molar-refractivity contribution in [1.29, 1.82) is 0 Å². The molecule has 0 aliphatic carbocycles. The van der Waals surface area contributed by atoms with E-state index in [9.17, 15) is 9.59 Å². The number of likely N-dealkylation sites (N-methyl/N-ethyl adjacent to an activating group) is 1. The van der Waals surface area contributed by atoms with Crippen molar-refractivity contribution < 1.29 is 9.59 Å². The van der Waals surface area contributed by atoms with Crippen LogP contribution in [0, 0.1) is 0 Å². The third-order valence-electron chi connectivity index (χ3n) is 2.21. The minimum atomic E-state index is -0.424. The van der Waals surface area contributed by atoms with Crippen LogP contribution in [0.1, 0.15) is 12.8 Å². The smallest absolute Gasteiger partial charge is 0.243 e. The molecule has 74 valence electrons. The van der Waals surface area contributed by atoms with Crippen molar-refractivity contribution in [3.63, 3.8) is 0 Å². The molecule has 4 nitrogen and oxygen atoms in total. The standard InChI is InChI=1S/C8H13ClN2O2/c1-11-4-2-3-6(11)8(13)10-7(12)5-9/h6H,2-5H2,1H3,(H,10,12,13)/t6-/m0/s1. The van der Waals surface area contributed by atoms with Crippen LogP contribution in [0.25, 0.3) is 0 Å². The average Bonchev–Trinajstić information content (AvgIpc) is 2.51. The maximum atomic E-state index is 11.4. The van der Waals surface area contributed by atoms with Crippen molar-refractivity contribution >= 4 is 23.4 Å². The van der Waals surface area contributed by atoms with Gasteiger partial charge in [0.15, 0.2) is 0 Å². The van der Waals surface area contributed by atoms with Crippen LogP contribution in [-0.4, -0.2) is 42.2 Å². The summed E-state index contributed by atoms with van der Waals surface area (Å²) in [4.78, 5) is 24.1. The first-order valence-corrected chi connectivity index (χ1v) is 4.78. The van der Waals surface area contributed by atoms with E-state index < -0.39 is 5.91 Å². The van der Waals surface area contributed by atoms with Gasteiger partial charge in [0.05, 0.1) is 6.04 Å². The molecule has 1 atom stereocenters. The number of hydrogen-bond acceptors (Lipinski definition) is 3. The number of carbonyl (C=O) groups excluding carboxylic acids is 2. The zero-order valence-corrected chi connectivity index (χ0v) is 8.30. The van der Waals surface area contributed by atoms with E-state index in [0.29, 0.717) is 0 Å². The molecule has 1 fully saturated rings. The predicted molar refractivity (Wildman–Crippen MR) is 49.5 cm³/mol. The van der Waals surface area contributed by atoms with Crippen molar-refractivity contribution in [3.8, 4) is 0 Å². The Morgan fingerprint density at radius 1 is 1.62 bits per heavy atom. The van der Waals surface area contributed by atoms with Crippen molar-refractivity contribution in [2.45, 2.75) is 18.9 Å². The summed E-state index contributed by atoms with van der Waals surface area (Å²) in [5.41, 5.74) is 0. The third kappa shape index (κ3) is 2.67. The van der Waals surface area contributed by atoms with E-state index in [2.05, 4.69) is 5.32 Å². The van der Waals surface area contributed by atoms with Gasteiger partial charge in [0, 0.05) is 0 Å². The van der Waals surface area contributed by atoms with E-state index in [-0.39, 0.29) is 17.8 Å². The Morgan fingerprint density at radius 2 is 2.31 bits per heavy atom. The topological polar surface area (TPSA) is 49.4 Å². The molecule has 0 aromatic carbocycles. The summed E-state index contributed by atoms with van der Waals surface area (Å²) in [7, 11) is 1.88. The van der Waals surface area contributed by atoms with Gasteiger partial charge >= 0.3 is 0 Å². The van der Waals surface area contributed by atoms with E-state index in [1.807, 2.05) is 11.9 Å². The second kappa shape index (κ2) is 4.58. The molecule has 13 heavy (non-hydrogen) atoms. The number of rotatable bonds is 2. The molecule has 0 saturated carbocycles. The van der Waals surface area contributed by atoms with Gasteiger partial charge in [-0.15, -0.1) is 11.6 Å². The van der Waals surface area contributed by atoms with Crippen LogP contribution in [0.4, 0.5) is 0 Å². The van der Waals surface area contributed by atoms with E-state index >= 15 is 0 Å². The summed E-state index contributed by atoms with van der Waals surface area (Å²) in [5, 5.41) is 2.25. The summed E-state index contributed by atoms with van der Waals surface area (Å²) in [5.74, 6) is -0.819. The Morgan fingerprint density at radius 3 is 2.77 bits per heavy atom. The second-order valence-electron chi connectivity index (χ2n) is 3.18. The summed E-state index contributed by atoms with van der Waals surface area (Å²) < 4.78 is 0. The lowest BCUT2D eigenvalue weighted by Gasteiger charge is -2.17. The summed E-state index contributed by atoms with van der Waals surface area (Å²) in [6.45, 7) is 0.910. The third-order valence-corrected chi connectivity index (χ3v) is 2.45. The molecular weight excluding hydrogens is 192 g/mol. The number of amides is 2. The molecule has 0 unspecified atom stereocenters. The molecule has 1 aliphatic rings. The van der Waals surface area contributed by atoms with Gasteiger partial charge in [0.1, 0.15) is 5.88 Å². The molecule has 2 amide bonds. The largest absolute Gasteiger partial charge is 0.295 e. The molecule has 0 aromatic heterocycles. The number of hydrogen-bond donors (Lipinski definition) is 1. The number of nitrogens with zero attached hydrogens (tertiary/aromatic N) is 1. The summed E-state index contributed by atoms with van der Waals surface area (Å²) >= 11 is 5.26. The van der Waals surface area contributed by atoms with Crippen LogP contribution in [0.15, 0.2) is 0 Å². The highest BCUT2D eigenvalue weighted by Gasteiger charge is 2.28. The Kier molecular flexibility index (Phi) is 3.69. The zero-order chi connectivity index (χ0) is 9.84. The fourth-order valence-corrected chi connectivity index (χ4v) is 1.56. The van der Waals surface area contributed by atoms with Crippen molar-refractivity contribution in [2.24, 2.45) is 0 Å². The summed E-state index contributed by atoms with van der Waals surface area (Å²) in [6, 6.07) is -0.160. The lowest BCUT2D eigenvalue weighted by atomic mass is 10.2. The summed E-state index contributed by atoms with van der Waals surface area (Å²) in [6.07, 6.45) is 1.82. The van der Waals surface area contributed by atoms with E-state index in [0.717, 1.165) is 19.4 Å². The molecule has 5 heteroatoms. The van der Waals surface area contributed by atoms with Crippen molar-refractivity contribution in [3.05, 3.63) is 0 Å². The van der Waals surface area contributed by atoms with Crippen LogP contribution in [0.5, 0.6) is 0 Å². The van der Waals surface area contributed by atoms with Crippen molar-refractivity contribution in [1.82, 2.24) is 10.2 Å². The lowest BCUT2D eigenvalue weighted by molar-refractivity contribution is -0.131. The monoisotopic (exact) mass is 204 g/mol. The zero-order valence-electron chi connectivity index (χ0n) is 7.55. The molecule has 1 N–H and O–H groups in total. The van der Waals surface area contributed by atoms with Gasteiger partial charge in [-0.25, -0.2) is 0 Å². The molecule has 0 spiro atoms. The normalized spacial score (nSPS) is 23.1. The molecule has 0 bridgehead atoms. The molecule has 1 aliphatic heterocycles. The SMILES string of the molecule is CN1CCC[C@H]1C(=O)NC(=O)CCl. The molecule has 1 saturated heterocycles. The van der Waals surface area contributed by atoms with Crippen molar-refractivity contribution in [2.75, 3.05) is 19.5 Å². The highest BCUT2D eigenvalue weighted by atomic mass is 35.5. The number of carbonyl (C=O) groups is 2. The Hall–Kier alpha value is -0.610. The molecular formula is C8H13ClN2O2. The van der Waals surface area contributed by atoms with E-state index in [4.69, 9.17) is 11.6 Å². The maximum absolute atomic E-state index is 11.4. The van der Waals surface area contributed by atoms with Gasteiger partial charge in [-0.1, -0.05) is 0 Å². The van der Waals surface area contributed by atoms with Gasteiger partial charge in [0.2, 0.25) is 11.8 Å². The molecule has 0 radical (unpaired) electrons. The van der Waals surface area contributed by atoms with Gasteiger partial charge in [-0.3, -0.25) is 19.8 Å². The van der Waals surface area contributed by atoms with Gasteiger partial charge in [0.25, 0.3) is 0 Å². The minimum absolute atomic E-state index is 0.160. The maximum Gasteiger partial charge on any atom is 0.243 e. The Balaban J connectivity index is 2.43. The first kappa shape index (κ1) is 10.5. The van der Waals surface area contributed by atoms with Gasteiger partial charge < -0.3 is 0 Å². The highest BCUT2D eigenvalue weighted by molar-refractivity contribution is 6.28. The van der Waals surface area contributed by atoms with Crippen LogP contribution in [-0.2, 0) is 9.59 Å².